The molecule has 0 bridgehead atoms. The van der Waals surface area contributed by atoms with Crippen molar-refractivity contribution in [1.82, 2.24) is 0 Å². The molecule has 0 rings (SSSR count). The van der Waals surface area contributed by atoms with Gasteiger partial charge in [-0.05, 0) is 0 Å². The molecule has 0 amide bonds. The van der Waals surface area contributed by atoms with Crippen LogP contribution in [0, 0.1) is 0 Å². The van der Waals surface area contributed by atoms with E-state index in [1.54, 1.807) is 0 Å². The zero-order valence-electron chi connectivity index (χ0n) is 12.2. The minimum absolute atomic E-state index is 0.0384. The standard InChI is InChI=1S/C15H31AsO2/c1-3-4-5-6-7-8-9-10-11-12-13-16-14(2)15(17)18/h14,16H,3-13H2,1-2H3,(H,17,18). The van der Waals surface area contributed by atoms with Gasteiger partial charge in [-0.1, -0.05) is 0 Å². The molecule has 108 valence electrons. The van der Waals surface area contributed by atoms with E-state index in [9.17, 15) is 4.79 Å². The maximum absolute atomic E-state index is 10.6. The summed E-state index contributed by atoms with van der Waals surface area (Å²) in [6, 6.07) is 0. The number of unbranched alkanes of at least 4 members (excludes halogenated alkanes) is 9. The molecule has 0 radical (unpaired) electrons. The molecule has 2 atom stereocenters. The van der Waals surface area contributed by atoms with Crippen LogP contribution in [-0.2, 0) is 4.79 Å². The molecule has 0 saturated heterocycles. The molecule has 18 heavy (non-hydrogen) atoms. The fraction of sp³-hybridized carbons (Fsp3) is 0.933. The second kappa shape index (κ2) is 13.5. The van der Waals surface area contributed by atoms with Crippen molar-refractivity contribution >= 4 is 21.7 Å². The molecule has 0 aromatic carbocycles. The fourth-order valence-electron chi connectivity index (χ4n) is 2.02. The van der Waals surface area contributed by atoms with Gasteiger partial charge in [0.15, 0.2) is 0 Å². The van der Waals surface area contributed by atoms with Crippen LogP contribution in [0.15, 0.2) is 0 Å². The zero-order valence-corrected chi connectivity index (χ0v) is 14.3. The third-order valence-corrected chi connectivity index (χ3v) is 6.50. The Morgan fingerprint density at radius 1 is 0.944 bits per heavy atom. The summed E-state index contributed by atoms with van der Waals surface area (Å²) in [6.07, 6.45) is 13.6. The predicted molar refractivity (Wildman–Crippen MR) is 80.9 cm³/mol. The van der Waals surface area contributed by atoms with E-state index in [0.717, 1.165) is 0 Å². The molecule has 0 aliphatic carbocycles. The van der Waals surface area contributed by atoms with Gasteiger partial charge < -0.3 is 0 Å². The van der Waals surface area contributed by atoms with Gasteiger partial charge in [0.2, 0.25) is 0 Å². The minimum atomic E-state index is -0.595. The summed E-state index contributed by atoms with van der Waals surface area (Å²) in [4.78, 5) is 10.6. The molecule has 1 N–H and O–H groups in total. The van der Waals surface area contributed by atoms with Crippen LogP contribution >= 0.6 is 0 Å². The van der Waals surface area contributed by atoms with Gasteiger partial charge in [0.25, 0.3) is 0 Å². The zero-order chi connectivity index (χ0) is 13.6. The van der Waals surface area contributed by atoms with Crippen molar-refractivity contribution in [1.29, 1.82) is 0 Å². The summed E-state index contributed by atoms with van der Waals surface area (Å²) in [7, 11) is 0. The van der Waals surface area contributed by atoms with E-state index < -0.39 is 5.97 Å². The summed E-state index contributed by atoms with van der Waals surface area (Å²) in [5.74, 6) is -0.595. The van der Waals surface area contributed by atoms with Crippen LogP contribution in [0.25, 0.3) is 0 Å². The van der Waals surface area contributed by atoms with E-state index in [1.807, 2.05) is 6.92 Å². The van der Waals surface area contributed by atoms with Gasteiger partial charge in [-0.3, -0.25) is 0 Å². The molecule has 0 aromatic rings. The van der Waals surface area contributed by atoms with Crippen LogP contribution in [0.1, 0.15) is 78.1 Å². The normalized spacial score (nSPS) is 13.2. The molecule has 2 unspecified atom stereocenters. The maximum atomic E-state index is 10.6. The fourth-order valence-corrected chi connectivity index (χ4v) is 4.25. The number of carbonyl (C=O) groups is 1. The molecular weight excluding hydrogens is 287 g/mol. The van der Waals surface area contributed by atoms with E-state index >= 15 is 0 Å². The van der Waals surface area contributed by atoms with Crippen LogP contribution in [0.2, 0.25) is 9.91 Å². The number of aliphatic carboxylic acids is 1. The molecule has 3 heteroatoms. The first-order chi connectivity index (χ1) is 8.68. The van der Waals surface area contributed by atoms with Crippen LogP contribution in [0.4, 0.5) is 0 Å². The first-order valence-corrected chi connectivity index (χ1v) is 10.3. The monoisotopic (exact) mass is 318 g/mol. The molecular formula is C15H31AsO2. The Labute approximate surface area is 120 Å². The van der Waals surface area contributed by atoms with E-state index in [-0.39, 0.29) is 20.5 Å². The molecule has 0 aliphatic heterocycles. The summed E-state index contributed by atoms with van der Waals surface area (Å²) in [5, 5.41) is 9.97. The summed E-state index contributed by atoms with van der Waals surface area (Å²) in [6.45, 7) is 4.12. The van der Waals surface area contributed by atoms with Crippen molar-refractivity contribution < 1.29 is 9.90 Å². The van der Waals surface area contributed by atoms with Crippen LogP contribution < -0.4 is 0 Å². The van der Waals surface area contributed by atoms with Gasteiger partial charge in [0, 0.05) is 0 Å². The Bertz CT molecular complexity index is 195. The number of hydrogen-bond acceptors (Lipinski definition) is 1. The number of hydrogen-bond donors (Lipinski definition) is 1. The first kappa shape index (κ1) is 18.0. The van der Waals surface area contributed by atoms with Gasteiger partial charge in [0.05, 0.1) is 0 Å². The van der Waals surface area contributed by atoms with E-state index in [2.05, 4.69) is 6.92 Å². The Balaban J connectivity index is 3.05. The predicted octanol–water partition coefficient (Wildman–Crippen LogP) is 4.66. The molecule has 2 nitrogen and oxygen atoms in total. The Morgan fingerprint density at radius 2 is 1.39 bits per heavy atom. The summed E-state index contributed by atoms with van der Waals surface area (Å²) < 4.78 is -0.0384. The summed E-state index contributed by atoms with van der Waals surface area (Å²) >= 11 is -0.244. The van der Waals surface area contributed by atoms with Gasteiger partial charge in [-0.2, -0.15) is 0 Å². The van der Waals surface area contributed by atoms with Crippen molar-refractivity contribution in [2.75, 3.05) is 0 Å². The molecule has 0 heterocycles. The SMILES string of the molecule is CCCCCCCCCCCC[AsH]C(C)C(=O)O. The van der Waals surface area contributed by atoms with Crippen LogP contribution in [-0.4, -0.2) is 26.8 Å². The van der Waals surface area contributed by atoms with Gasteiger partial charge in [-0.15, -0.1) is 0 Å². The molecule has 0 aliphatic rings. The van der Waals surface area contributed by atoms with Crippen LogP contribution in [0.5, 0.6) is 0 Å². The first-order valence-electron chi connectivity index (χ1n) is 7.64. The number of carboxylic acids is 1. The van der Waals surface area contributed by atoms with E-state index in [4.69, 9.17) is 5.11 Å². The molecule has 0 fully saturated rings. The third kappa shape index (κ3) is 12.5. The van der Waals surface area contributed by atoms with Crippen molar-refractivity contribution in [2.45, 2.75) is 88.0 Å². The Morgan fingerprint density at radius 3 is 1.83 bits per heavy atom. The van der Waals surface area contributed by atoms with E-state index in [0.29, 0.717) is 0 Å². The average molecular weight is 318 g/mol. The second-order valence-electron chi connectivity index (χ2n) is 5.20. The topological polar surface area (TPSA) is 37.3 Å². The summed E-state index contributed by atoms with van der Waals surface area (Å²) in [5.41, 5.74) is 0. The average Bonchev–Trinajstić information content (AvgIpc) is 2.35. The van der Waals surface area contributed by atoms with E-state index in [1.165, 1.54) is 69.4 Å². The quantitative estimate of drug-likeness (QED) is 0.396. The Kier molecular flexibility index (Phi) is 13.5. The van der Waals surface area contributed by atoms with Gasteiger partial charge in [0.1, 0.15) is 0 Å². The number of carboxylic acid groups (broad SMARTS) is 1. The number of rotatable bonds is 13. The van der Waals surface area contributed by atoms with Crippen molar-refractivity contribution in [3.05, 3.63) is 0 Å². The molecule has 0 spiro atoms. The molecule has 0 saturated carbocycles. The Hall–Kier alpha value is 0.0284. The van der Waals surface area contributed by atoms with Gasteiger partial charge >= 0.3 is 120 Å². The second-order valence-corrected chi connectivity index (χ2v) is 8.92. The van der Waals surface area contributed by atoms with Crippen molar-refractivity contribution in [3.8, 4) is 0 Å². The molecule has 0 aromatic heterocycles. The van der Waals surface area contributed by atoms with Crippen LogP contribution in [0.3, 0.4) is 0 Å². The van der Waals surface area contributed by atoms with Crippen molar-refractivity contribution in [2.24, 2.45) is 0 Å². The van der Waals surface area contributed by atoms with Gasteiger partial charge in [-0.25, -0.2) is 0 Å². The third-order valence-electron chi connectivity index (χ3n) is 3.35. The van der Waals surface area contributed by atoms with Crippen molar-refractivity contribution in [3.63, 3.8) is 0 Å².